The van der Waals surface area contributed by atoms with E-state index in [0.29, 0.717) is 6.61 Å². The highest BCUT2D eigenvalue weighted by atomic mass is 35.5. The van der Waals surface area contributed by atoms with Crippen LogP contribution in [0, 0.1) is 0 Å². The third kappa shape index (κ3) is 3.99. The Morgan fingerprint density at radius 3 is 2.70 bits per heavy atom. The number of halogens is 1. The van der Waals surface area contributed by atoms with Crippen molar-refractivity contribution in [2.75, 3.05) is 6.61 Å². The summed E-state index contributed by atoms with van der Waals surface area (Å²) in [7, 11) is 0. The van der Waals surface area contributed by atoms with Crippen LogP contribution in [0.5, 0.6) is 5.75 Å². The van der Waals surface area contributed by atoms with E-state index in [1.54, 1.807) is 0 Å². The van der Waals surface area contributed by atoms with E-state index < -0.39 is 0 Å². The number of nitrogens with one attached hydrogen (secondary N) is 1. The Morgan fingerprint density at radius 1 is 1.15 bits per heavy atom. The predicted molar refractivity (Wildman–Crippen MR) is 84.3 cm³/mol. The van der Waals surface area contributed by atoms with Crippen LogP contribution in [0.15, 0.2) is 48.5 Å². The summed E-state index contributed by atoms with van der Waals surface area (Å²) in [4.78, 5) is 0. The van der Waals surface area contributed by atoms with Gasteiger partial charge >= 0.3 is 0 Å². The lowest BCUT2D eigenvalue weighted by Gasteiger charge is -2.16. The molecule has 0 radical (unpaired) electrons. The molecule has 0 fully saturated rings. The number of ether oxygens (including phenoxy) is 1. The Kier molecular flexibility index (Phi) is 5.45. The quantitative estimate of drug-likeness (QED) is 0.840. The van der Waals surface area contributed by atoms with E-state index in [1.165, 1.54) is 11.1 Å². The van der Waals surface area contributed by atoms with Crippen LogP contribution < -0.4 is 10.1 Å². The lowest BCUT2D eigenvalue weighted by molar-refractivity contribution is 0.335. The smallest absolute Gasteiger partial charge is 0.123 e. The summed E-state index contributed by atoms with van der Waals surface area (Å²) >= 11 is 6.02. The second kappa shape index (κ2) is 7.32. The van der Waals surface area contributed by atoms with E-state index in [1.807, 2.05) is 43.3 Å². The Labute approximate surface area is 125 Å². The molecule has 0 aliphatic rings. The average Bonchev–Trinajstić information content (AvgIpc) is 2.46. The molecule has 2 rings (SSSR count). The van der Waals surface area contributed by atoms with Crippen molar-refractivity contribution in [1.29, 1.82) is 0 Å². The molecule has 0 aliphatic heterocycles. The van der Waals surface area contributed by atoms with Crippen molar-refractivity contribution < 1.29 is 4.74 Å². The molecule has 1 atom stereocenters. The third-order valence-electron chi connectivity index (χ3n) is 3.22. The maximum Gasteiger partial charge on any atom is 0.123 e. The largest absolute Gasteiger partial charge is 0.494 e. The summed E-state index contributed by atoms with van der Waals surface area (Å²) in [5, 5.41) is 4.27. The van der Waals surface area contributed by atoms with Gasteiger partial charge in [-0.2, -0.15) is 0 Å². The normalized spacial score (nSPS) is 12.2. The first-order valence-corrected chi connectivity index (χ1v) is 7.28. The van der Waals surface area contributed by atoms with E-state index in [2.05, 4.69) is 24.4 Å². The minimum Gasteiger partial charge on any atom is -0.494 e. The molecule has 0 aliphatic carbocycles. The minimum absolute atomic E-state index is 0.239. The fraction of sp³-hybridized carbons (Fsp3) is 0.294. The number of benzene rings is 2. The van der Waals surface area contributed by atoms with Gasteiger partial charge < -0.3 is 10.1 Å². The molecule has 0 spiro atoms. The highest BCUT2D eigenvalue weighted by Gasteiger charge is 2.07. The topological polar surface area (TPSA) is 21.3 Å². The standard InChI is InChI=1S/C17H20ClNO/c1-3-20-17-10-5-4-7-15(17)12-19-13(2)14-8-6-9-16(18)11-14/h4-11,13,19H,3,12H2,1-2H3/t13-/m1/s1. The van der Waals surface area contributed by atoms with E-state index in [4.69, 9.17) is 16.3 Å². The molecule has 2 aromatic carbocycles. The number of hydrogen-bond donors (Lipinski definition) is 1. The van der Waals surface area contributed by atoms with Gasteiger partial charge in [0, 0.05) is 23.2 Å². The molecule has 2 aromatic rings. The van der Waals surface area contributed by atoms with Crippen molar-refractivity contribution in [3.8, 4) is 5.75 Å². The molecule has 3 heteroatoms. The van der Waals surface area contributed by atoms with Crippen LogP contribution in [-0.2, 0) is 6.54 Å². The molecular formula is C17H20ClNO. The monoisotopic (exact) mass is 289 g/mol. The summed E-state index contributed by atoms with van der Waals surface area (Å²) in [6.45, 7) is 5.58. The first-order chi connectivity index (χ1) is 9.70. The second-order valence-corrected chi connectivity index (χ2v) is 5.13. The SMILES string of the molecule is CCOc1ccccc1CN[C@H](C)c1cccc(Cl)c1. The fourth-order valence-electron chi connectivity index (χ4n) is 2.10. The zero-order valence-electron chi connectivity index (χ0n) is 11.9. The van der Waals surface area contributed by atoms with Gasteiger partial charge in [0.15, 0.2) is 0 Å². The molecule has 20 heavy (non-hydrogen) atoms. The fourth-order valence-corrected chi connectivity index (χ4v) is 2.30. The van der Waals surface area contributed by atoms with E-state index >= 15 is 0 Å². The van der Waals surface area contributed by atoms with E-state index in [-0.39, 0.29) is 6.04 Å². The molecule has 106 valence electrons. The maximum atomic E-state index is 6.02. The van der Waals surface area contributed by atoms with Crippen LogP contribution in [0.1, 0.15) is 31.0 Å². The van der Waals surface area contributed by atoms with Crippen molar-refractivity contribution >= 4 is 11.6 Å². The predicted octanol–water partition coefficient (Wildman–Crippen LogP) is 4.59. The molecule has 0 saturated heterocycles. The molecular weight excluding hydrogens is 270 g/mol. The van der Waals surface area contributed by atoms with Gasteiger partial charge in [-0.25, -0.2) is 0 Å². The first kappa shape index (κ1) is 14.9. The highest BCUT2D eigenvalue weighted by molar-refractivity contribution is 6.30. The third-order valence-corrected chi connectivity index (χ3v) is 3.45. The molecule has 0 bridgehead atoms. The van der Waals surface area contributed by atoms with E-state index in [0.717, 1.165) is 17.3 Å². The molecule has 0 heterocycles. The van der Waals surface area contributed by atoms with Gasteiger partial charge in [0.1, 0.15) is 5.75 Å². The van der Waals surface area contributed by atoms with Gasteiger partial charge in [-0.05, 0) is 37.6 Å². The summed E-state index contributed by atoms with van der Waals surface area (Å²) in [6, 6.07) is 16.3. The van der Waals surface area contributed by atoms with Crippen LogP contribution in [0.3, 0.4) is 0 Å². The van der Waals surface area contributed by atoms with Crippen molar-refractivity contribution in [3.63, 3.8) is 0 Å². The van der Waals surface area contributed by atoms with Crippen molar-refractivity contribution in [2.45, 2.75) is 26.4 Å². The van der Waals surface area contributed by atoms with Crippen LogP contribution in [0.25, 0.3) is 0 Å². The molecule has 0 saturated carbocycles. The summed E-state index contributed by atoms with van der Waals surface area (Å²) in [5.74, 6) is 0.945. The molecule has 0 amide bonds. The first-order valence-electron chi connectivity index (χ1n) is 6.90. The summed E-state index contributed by atoms with van der Waals surface area (Å²) < 4.78 is 5.63. The zero-order valence-corrected chi connectivity index (χ0v) is 12.7. The average molecular weight is 290 g/mol. The Hall–Kier alpha value is -1.51. The Morgan fingerprint density at radius 2 is 1.95 bits per heavy atom. The Bertz CT molecular complexity index is 556. The molecule has 0 unspecified atom stereocenters. The van der Waals surface area contributed by atoms with Crippen LogP contribution in [0.4, 0.5) is 0 Å². The van der Waals surface area contributed by atoms with Gasteiger partial charge in [0.05, 0.1) is 6.61 Å². The number of rotatable bonds is 6. The lowest BCUT2D eigenvalue weighted by Crippen LogP contribution is -2.18. The van der Waals surface area contributed by atoms with Crippen LogP contribution >= 0.6 is 11.6 Å². The van der Waals surface area contributed by atoms with Gasteiger partial charge in [-0.3, -0.25) is 0 Å². The molecule has 2 nitrogen and oxygen atoms in total. The van der Waals surface area contributed by atoms with Gasteiger partial charge in [-0.15, -0.1) is 0 Å². The van der Waals surface area contributed by atoms with Crippen LogP contribution in [0.2, 0.25) is 5.02 Å². The summed E-state index contributed by atoms with van der Waals surface area (Å²) in [5.41, 5.74) is 2.36. The zero-order chi connectivity index (χ0) is 14.4. The maximum absolute atomic E-state index is 6.02. The Balaban J connectivity index is 2.01. The molecule has 0 aromatic heterocycles. The van der Waals surface area contributed by atoms with E-state index in [9.17, 15) is 0 Å². The number of hydrogen-bond acceptors (Lipinski definition) is 2. The van der Waals surface area contributed by atoms with Crippen LogP contribution in [-0.4, -0.2) is 6.61 Å². The van der Waals surface area contributed by atoms with Gasteiger partial charge in [-0.1, -0.05) is 41.9 Å². The van der Waals surface area contributed by atoms with Gasteiger partial charge in [0.2, 0.25) is 0 Å². The van der Waals surface area contributed by atoms with Crippen molar-refractivity contribution in [3.05, 3.63) is 64.7 Å². The minimum atomic E-state index is 0.239. The van der Waals surface area contributed by atoms with Crippen molar-refractivity contribution in [1.82, 2.24) is 5.32 Å². The summed E-state index contributed by atoms with van der Waals surface area (Å²) in [6.07, 6.45) is 0. The highest BCUT2D eigenvalue weighted by Crippen LogP contribution is 2.21. The number of para-hydroxylation sites is 1. The lowest BCUT2D eigenvalue weighted by atomic mass is 10.1. The molecule has 1 N–H and O–H groups in total. The van der Waals surface area contributed by atoms with Crippen molar-refractivity contribution in [2.24, 2.45) is 0 Å². The van der Waals surface area contributed by atoms with Gasteiger partial charge in [0.25, 0.3) is 0 Å². The second-order valence-electron chi connectivity index (χ2n) is 4.70.